The third-order valence-corrected chi connectivity index (χ3v) is 3.33. The molecule has 2 rings (SSSR count). The number of rotatable bonds is 4. The van der Waals surface area contributed by atoms with Gasteiger partial charge in [-0.25, -0.2) is 0 Å². The van der Waals surface area contributed by atoms with Crippen LogP contribution in [-0.2, 0) is 6.61 Å². The minimum absolute atomic E-state index is 0.0239. The Labute approximate surface area is 121 Å². The van der Waals surface area contributed by atoms with E-state index in [9.17, 15) is 0 Å². The van der Waals surface area contributed by atoms with E-state index in [4.69, 9.17) is 10.5 Å². The van der Waals surface area contributed by atoms with E-state index >= 15 is 0 Å². The zero-order chi connectivity index (χ0) is 14.7. The normalized spacial score (nSPS) is 12.2. The molecule has 2 aromatic rings. The highest BCUT2D eigenvalue weighted by atomic mass is 16.5. The molecule has 0 saturated carbocycles. The van der Waals surface area contributed by atoms with Crippen LogP contribution < -0.4 is 10.5 Å². The zero-order valence-corrected chi connectivity index (χ0v) is 12.7. The lowest BCUT2D eigenvalue weighted by atomic mass is 10.0. The van der Waals surface area contributed by atoms with Crippen molar-refractivity contribution in [3.8, 4) is 5.75 Å². The molecule has 2 aromatic carbocycles. The second kappa shape index (κ2) is 6.10. The van der Waals surface area contributed by atoms with Crippen molar-refractivity contribution in [1.29, 1.82) is 0 Å². The fourth-order valence-corrected chi connectivity index (χ4v) is 2.47. The summed E-state index contributed by atoms with van der Waals surface area (Å²) in [7, 11) is 0. The monoisotopic (exact) mass is 269 g/mol. The lowest BCUT2D eigenvalue weighted by molar-refractivity contribution is 0.301. The van der Waals surface area contributed by atoms with Gasteiger partial charge in [-0.15, -0.1) is 0 Å². The van der Waals surface area contributed by atoms with E-state index in [1.165, 1.54) is 22.3 Å². The maximum absolute atomic E-state index is 6.02. The molecule has 1 atom stereocenters. The van der Waals surface area contributed by atoms with E-state index < -0.39 is 0 Å². The van der Waals surface area contributed by atoms with Crippen LogP contribution in [0.3, 0.4) is 0 Å². The number of benzene rings is 2. The van der Waals surface area contributed by atoms with Crippen molar-refractivity contribution in [1.82, 2.24) is 0 Å². The number of aryl methyl sites for hydroxylation is 3. The minimum Gasteiger partial charge on any atom is -0.489 e. The van der Waals surface area contributed by atoms with Gasteiger partial charge in [0, 0.05) is 11.6 Å². The van der Waals surface area contributed by atoms with Gasteiger partial charge < -0.3 is 10.5 Å². The van der Waals surface area contributed by atoms with Crippen molar-refractivity contribution in [2.75, 3.05) is 0 Å². The molecule has 0 aliphatic heterocycles. The molecule has 0 amide bonds. The van der Waals surface area contributed by atoms with Crippen LogP contribution in [0.15, 0.2) is 36.4 Å². The number of hydrogen-bond donors (Lipinski definition) is 1. The van der Waals surface area contributed by atoms with E-state index in [2.05, 4.69) is 51.1 Å². The Kier molecular flexibility index (Phi) is 4.46. The van der Waals surface area contributed by atoms with Crippen LogP contribution in [0.25, 0.3) is 0 Å². The molecule has 2 nitrogen and oxygen atoms in total. The Morgan fingerprint density at radius 1 is 0.950 bits per heavy atom. The first-order chi connectivity index (χ1) is 9.45. The van der Waals surface area contributed by atoms with Crippen molar-refractivity contribution in [3.63, 3.8) is 0 Å². The van der Waals surface area contributed by atoms with Crippen LogP contribution in [0.5, 0.6) is 5.75 Å². The van der Waals surface area contributed by atoms with E-state index in [-0.39, 0.29) is 6.04 Å². The molecular weight excluding hydrogens is 246 g/mol. The number of nitrogens with two attached hydrogens (primary N) is 1. The molecule has 0 spiro atoms. The van der Waals surface area contributed by atoms with Gasteiger partial charge in [-0.05, 0) is 39.3 Å². The highest BCUT2D eigenvalue weighted by Gasteiger charge is 2.08. The highest BCUT2D eigenvalue weighted by molar-refractivity contribution is 5.39. The summed E-state index contributed by atoms with van der Waals surface area (Å²) in [6.45, 7) is 8.84. The Morgan fingerprint density at radius 3 is 2.20 bits per heavy atom. The summed E-state index contributed by atoms with van der Waals surface area (Å²) < 4.78 is 5.97. The predicted molar refractivity (Wildman–Crippen MR) is 84.0 cm³/mol. The standard InChI is InChI=1S/C18H23NO/c1-12-5-6-18(17(10-12)15(4)19)20-11-16-8-13(2)7-14(3)9-16/h5-10,15H,11,19H2,1-4H3. The Bertz CT molecular complexity index is 582. The first-order valence-electron chi connectivity index (χ1n) is 7.02. The molecule has 106 valence electrons. The SMILES string of the molecule is Cc1cc(C)cc(COc2ccc(C)cc2C(C)N)c1. The topological polar surface area (TPSA) is 35.2 Å². The van der Waals surface area contributed by atoms with Crippen molar-refractivity contribution in [2.45, 2.75) is 40.3 Å². The van der Waals surface area contributed by atoms with Crippen molar-refractivity contribution >= 4 is 0 Å². The summed E-state index contributed by atoms with van der Waals surface area (Å²) in [6.07, 6.45) is 0. The first kappa shape index (κ1) is 14.6. The molecule has 0 radical (unpaired) electrons. The molecule has 20 heavy (non-hydrogen) atoms. The largest absolute Gasteiger partial charge is 0.489 e. The van der Waals surface area contributed by atoms with Gasteiger partial charge in [-0.1, -0.05) is 47.0 Å². The second-order valence-electron chi connectivity index (χ2n) is 5.61. The quantitative estimate of drug-likeness (QED) is 0.902. The maximum Gasteiger partial charge on any atom is 0.124 e. The van der Waals surface area contributed by atoms with E-state index in [0.717, 1.165) is 11.3 Å². The number of ether oxygens (including phenoxy) is 1. The van der Waals surface area contributed by atoms with Crippen molar-refractivity contribution in [2.24, 2.45) is 5.73 Å². The smallest absolute Gasteiger partial charge is 0.124 e. The molecule has 0 saturated heterocycles. The Morgan fingerprint density at radius 2 is 1.60 bits per heavy atom. The van der Waals surface area contributed by atoms with E-state index in [0.29, 0.717) is 6.61 Å². The molecule has 0 aliphatic carbocycles. The Hall–Kier alpha value is -1.80. The van der Waals surface area contributed by atoms with Crippen LogP contribution in [0, 0.1) is 20.8 Å². The average Bonchev–Trinajstić information content (AvgIpc) is 2.36. The van der Waals surface area contributed by atoms with Gasteiger partial charge in [0.05, 0.1) is 0 Å². The lowest BCUT2D eigenvalue weighted by Gasteiger charge is -2.15. The first-order valence-corrected chi connectivity index (χ1v) is 7.02. The molecule has 1 unspecified atom stereocenters. The van der Waals surface area contributed by atoms with Gasteiger partial charge in [0.25, 0.3) is 0 Å². The summed E-state index contributed by atoms with van der Waals surface area (Å²) >= 11 is 0. The molecule has 0 bridgehead atoms. The van der Waals surface area contributed by atoms with Gasteiger partial charge >= 0.3 is 0 Å². The third-order valence-electron chi connectivity index (χ3n) is 3.33. The van der Waals surface area contributed by atoms with E-state index in [1.54, 1.807) is 0 Å². The molecular formula is C18H23NO. The molecule has 2 N–H and O–H groups in total. The molecule has 0 aromatic heterocycles. The maximum atomic E-state index is 6.02. The summed E-state index contributed by atoms with van der Waals surface area (Å²) in [5, 5.41) is 0. The summed E-state index contributed by atoms with van der Waals surface area (Å²) in [6, 6.07) is 12.6. The van der Waals surface area contributed by atoms with Crippen molar-refractivity contribution in [3.05, 3.63) is 64.2 Å². The van der Waals surface area contributed by atoms with Crippen LogP contribution >= 0.6 is 0 Å². The van der Waals surface area contributed by atoms with Crippen LogP contribution in [-0.4, -0.2) is 0 Å². The third kappa shape index (κ3) is 3.61. The zero-order valence-electron chi connectivity index (χ0n) is 12.7. The Balaban J connectivity index is 2.18. The predicted octanol–water partition coefficient (Wildman–Crippen LogP) is 4.21. The molecule has 0 fully saturated rings. The van der Waals surface area contributed by atoms with Crippen LogP contribution in [0.2, 0.25) is 0 Å². The van der Waals surface area contributed by atoms with Gasteiger partial charge in [0.1, 0.15) is 12.4 Å². The minimum atomic E-state index is -0.0239. The van der Waals surface area contributed by atoms with Gasteiger partial charge in [0.15, 0.2) is 0 Å². The lowest BCUT2D eigenvalue weighted by Crippen LogP contribution is -2.08. The summed E-state index contributed by atoms with van der Waals surface area (Å²) in [4.78, 5) is 0. The molecule has 0 aliphatic rings. The molecule has 0 heterocycles. The van der Waals surface area contributed by atoms with Gasteiger partial charge in [-0.2, -0.15) is 0 Å². The van der Waals surface area contributed by atoms with Crippen molar-refractivity contribution < 1.29 is 4.74 Å². The van der Waals surface area contributed by atoms with Gasteiger partial charge in [-0.3, -0.25) is 0 Å². The fraction of sp³-hybridized carbons (Fsp3) is 0.333. The summed E-state index contributed by atoms with van der Waals surface area (Å²) in [5.41, 5.74) is 12.0. The van der Waals surface area contributed by atoms with E-state index in [1.807, 2.05) is 13.0 Å². The average molecular weight is 269 g/mol. The van der Waals surface area contributed by atoms with Gasteiger partial charge in [0.2, 0.25) is 0 Å². The number of hydrogen-bond acceptors (Lipinski definition) is 2. The summed E-state index contributed by atoms with van der Waals surface area (Å²) in [5.74, 6) is 0.879. The second-order valence-corrected chi connectivity index (χ2v) is 5.61. The fourth-order valence-electron chi connectivity index (χ4n) is 2.47. The van der Waals surface area contributed by atoms with Crippen LogP contribution in [0.4, 0.5) is 0 Å². The molecule has 2 heteroatoms. The highest BCUT2D eigenvalue weighted by Crippen LogP contribution is 2.26. The van der Waals surface area contributed by atoms with Crippen LogP contribution in [0.1, 0.15) is 40.8 Å².